The van der Waals surface area contributed by atoms with Crippen LogP contribution in [0, 0.1) is 12.7 Å². The number of nitrogens with zero attached hydrogens (tertiary/aromatic N) is 2. The van der Waals surface area contributed by atoms with E-state index in [1.54, 1.807) is 13.2 Å². The molecule has 1 heterocycles. The number of halogens is 1. The second-order valence-electron chi connectivity index (χ2n) is 5.39. The number of hydrogen-bond donors (Lipinski definition) is 0. The van der Waals surface area contributed by atoms with Gasteiger partial charge in [0.25, 0.3) is 0 Å². The summed E-state index contributed by atoms with van der Waals surface area (Å²) in [6, 6.07) is 10.9. The molecule has 0 radical (unpaired) electrons. The quantitative estimate of drug-likeness (QED) is 0.705. The van der Waals surface area contributed by atoms with Gasteiger partial charge in [0.05, 0.1) is 23.7 Å². The van der Waals surface area contributed by atoms with Gasteiger partial charge in [-0.05, 0) is 49.2 Å². The van der Waals surface area contributed by atoms with E-state index in [2.05, 4.69) is 12.0 Å². The zero-order valence-corrected chi connectivity index (χ0v) is 13.1. The van der Waals surface area contributed by atoms with E-state index in [9.17, 15) is 4.39 Å². The Bertz CT molecular complexity index is 823. The summed E-state index contributed by atoms with van der Waals surface area (Å²) in [5.74, 6) is 0.567. The van der Waals surface area contributed by atoms with Gasteiger partial charge in [0, 0.05) is 12.1 Å². The van der Waals surface area contributed by atoms with Crippen LogP contribution in [0.25, 0.3) is 22.2 Å². The summed E-state index contributed by atoms with van der Waals surface area (Å²) in [6.07, 6.45) is 0.942. The molecule has 0 saturated heterocycles. The van der Waals surface area contributed by atoms with Crippen molar-refractivity contribution in [3.05, 3.63) is 47.8 Å². The van der Waals surface area contributed by atoms with Crippen LogP contribution in [0.5, 0.6) is 5.75 Å². The van der Waals surface area contributed by atoms with Gasteiger partial charge in [-0.15, -0.1) is 0 Å². The zero-order chi connectivity index (χ0) is 15.7. The molecule has 114 valence electrons. The van der Waals surface area contributed by atoms with Crippen LogP contribution in [-0.4, -0.2) is 16.9 Å². The van der Waals surface area contributed by atoms with E-state index in [1.165, 1.54) is 6.07 Å². The monoisotopic (exact) mass is 298 g/mol. The number of rotatable bonds is 4. The molecular weight excluding hydrogens is 279 g/mol. The summed E-state index contributed by atoms with van der Waals surface area (Å²) in [4.78, 5) is 0. The van der Waals surface area contributed by atoms with Crippen LogP contribution < -0.4 is 4.74 Å². The van der Waals surface area contributed by atoms with Crippen molar-refractivity contribution in [2.24, 2.45) is 0 Å². The van der Waals surface area contributed by atoms with Crippen molar-refractivity contribution in [1.82, 2.24) is 9.78 Å². The molecule has 0 saturated carbocycles. The summed E-state index contributed by atoms with van der Waals surface area (Å²) < 4.78 is 21.6. The Balaban J connectivity index is 2.30. The van der Waals surface area contributed by atoms with Crippen molar-refractivity contribution in [2.75, 3.05) is 7.11 Å². The molecule has 0 atom stereocenters. The highest BCUT2D eigenvalue weighted by Gasteiger charge is 2.18. The second-order valence-corrected chi connectivity index (χ2v) is 5.39. The Kier molecular flexibility index (Phi) is 3.84. The van der Waals surface area contributed by atoms with Gasteiger partial charge in [0.15, 0.2) is 0 Å². The zero-order valence-electron chi connectivity index (χ0n) is 13.1. The minimum absolute atomic E-state index is 0.231. The van der Waals surface area contributed by atoms with Gasteiger partial charge in [-0.1, -0.05) is 13.0 Å². The van der Waals surface area contributed by atoms with Crippen LogP contribution in [0.2, 0.25) is 0 Å². The van der Waals surface area contributed by atoms with Crippen molar-refractivity contribution >= 4 is 10.9 Å². The van der Waals surface area contributed by atoms with Crippen LogP contribution >= 0.6 is 0 Å². The number of ether oxygens (including phenoxy) is 1. The second kappa shape index (κ2) is 5.79. The molecule has 3 aromatic rings. The lowest BCUT2D eigenvalue weighted by Crippen LogP contribution is -2.02. The average Bonchev–Trinajstić information content (AvgIpc) is 2.87. The minimum atomic E-state index is -0.231. The molecule has 3 rings (SSSR count). The smallest absolute Gasteiger partial charge is 0.134 e. The summed E-state index contributed by atoms with van der Waals surface area (Å²) >= 11 is 0. The van der Waals surface area contributed by atoms with Crippen molar-refractivity contribution in [3.63, 3.8) is 0 Å². The van der Waals surface area contributed by atoms with Gasteiger partial charge in [-0.25, -0.2) is 4.39 Å². The van der Waals surface area contributed by atoms with E-state index in [0.29, 0.717) is 10.9 Å². The van der Waals surface area contributed by atoms with E-state index < -0.39 is 0 Å². The van der Waals surface area contributed by atoms with E-state index in [-0.39, 0.29) is 5.82 Å². The third kappa shape index (κ3) is 2.34. The van der Waals surface area contributed by atoms with Crippen molar-refractivity contribution < 1.29 is 9.13 Å². The molecule has 0 fully saturated rings. The average molecular weight is 298 g/mol. The number of aromatic nitrogens is 2. The Hall–Kier alpha value is -2.36. The number of aryl methyl sites for hydroxylation is 2. The molecule has 0 aliphatic carbocycles. The molecule has 0 bridgehead atoms. The molecule has 3 nitrogen and oxygen atoms in total. The third-order valence-electron chi connectivity index (χ3n) is 3.84. The molecular formula is C18H19FN2O. The van der Waals surface area contributed by atoms with Crippen molar-refractivity contribution in [3.8, 4) is 17.0 Å². The van der Waals surface area contributed by atoms with Gasteiger partial charge in [0.2, 0.25) is 0 Å². The highest BCUT2D eigenvalue weighted by molar-refractivity contribution is 5.94. The summed E-state index contributed by atoms with van der Waals surface area (Å²) in [5, 5.41) is 5.16. The lowest BCUT2D eigenvalue weighted by atomic mass is 10.0. The van der Waals surface area contributed by atoms with Crippen molar-refractivity contribution in [2.45, 2.75) is 26.8 Å². The molecule has 4 heteroatoms. The number of fused-ring (bicyclic) bond motifs is 1. The molecule has 0 spiro atoms. The molecule has 0 N–H and O–H groups in total. The summed E-state index contributed by atoms with van der Waals surface area (Å²) in [6.45, 7) is 4.86. The van der Waals surface area contributed by atoms with Crippen LogP contribution in [0.4, 0.5) is 4.39 Å². The van der Waals surface area contributed by atoms with Crippen LogP contribution in [-0.2, 0) is 6.54 Å². The molecule has 1 aromatic heterocycles. The largest absolute Gasteiger partial charge is 0.497 e. The Morgan fingerprint density at radius 3 is 2.73 bits per heavy atom. The Morgan fingerprint density at radius 2 is 2.05 bits per heavy atom. The summed E-state index contributed by atoms with van der Waals surface area (Å²) in [7, 11) is 1.64. The predicted octanol–water partition coefficient (Wildman–Crippen LogP) is 4.57. The first kappa shape index (κ1) is 14.6. The fraction of sp³-hybridized carbons (Fsp3) is 0.278. The number of benzene rings is 2. The van der Waals surface area contributed by atoms with Crippen LogP contribution in [0.3, 0.4) is 0 Å². The van der Waals surface area contributed by atoms with Gasteiger partial charge in [-0.2, -0.15) is 5.10 Å². The molecule has 0 amide bonds. The number of hydrogen-bond acceptors (Lipinski definition) is 2. The summed E-state index contributed by atoms with van der Waals surface area (Å²) in [5.41, 5.74) is 3.57. The minimum Gasteiger partial charge on any atom is -0.497 e. The fourth-order valence-electron chi connectivity index (χ4n) is 2.82. The lowest BCUT2D eigenvalue weighted by molar-refractivity contribution is 0.414. The first-order chi connectivity index (χ1) is 10.7. The molecule has 0 aliphatic rings. The van der Waals surface area contributed by atoms with E-state index >= 15 is 0 Å². The van der Waals surface area contributed by atoms with Gasteiger partial charge in [0.1, 0.15) is 11.6 Å². The van der Waals surface area contributed by atoms with Gasteiger partial charge >= 0.3 is 0 Å². The first-order valence-corrected chi connectivity index (χ1v) is 7.45. The van der Waals surface area contributed by atoms with E-state index in [1.807, 2.05) is 35.9 Å². The molecule has 22 heavy (non-hydrogen) atoms. The maximum absolute atomic E-state index is 14.4. The highest BCUT2D eigenvalue weighted by Crippen LogP contribution is 2.34. The Labute approximate surface area is 129 Å². The van der Waals surface area contributed by atoms with Gasteiger partial charge in [-0.3, -0.25) is 4.68 Å². The maximum atomic E-state index is 14.4. The fourth-order valence-corrected chi connectivity index (χ4v) is 2.82. The van der Waals surface area contributed by atoms with E-state index in [0.717, 1.165) is 35.5 Å². The molecule has 0 aliphatic heterocycles. The maximum Gasteiger partial charge on any atom is 0.134 e. The normalized spacial score (nSPS) is 11.1. The van der Waals surface area contributed by atoms with Crippen LogP contribution in [0.15, 0.2) is 36.4 Å². The molecule has 2 aromatic carbocycles. The Morgan fingerprint density at radius 1 is 1.23 bits per heavy atom. The van der Waals surface area contributed by atoms with E-state index in [4.69, 9.17) is 4.74 Å². The number of methoxy groups -OCH3 is 1. The van der Waals surface area contributed by atoms with Crippen LogP contribution in [0.1, 0.15) is 18.9 Å². The standard InChI is InChI=1S/C18H19FN2O/c1-4-10-21-18(14-9-8-13(22-3)11-12(14)2)17-15(19)6-5-7-16(17)20-21/h5-9,11H,4,10H2,1-3H3. The third-order valence-corrected chi connectivity index (χ3v) is 3.84. The topological polar surface area (TPSA) is 27.1 Å². The molecule has 0 unspecified atom stereocenters. The van der Waals surface area contributed by atoms with Crippen molar-refractivity contribution in [1.29, 1.82) is 0 Å². The lowest BCUT2D eigenvalue weighted by Gasteiger charge is -2.11. The predicted molar refractivity (Wildman–Crippen MR) is 86.7 cm³/mol. The van der Waals surface area contributed by atoms with Gasteiger partial charge < -0.3 is 4.74 Å². The first-order valence-electron chi connectivity index (χ1n) is 7.45. The SMILES string of the molecule is CCCn1nc2cccc(F)c2c1-c1ccc(OC)cc1C. The highest BCUT2D eigenvalue weighted by atomic mass is 19.1.